The van der Waals surface area contributed by atoms with Crippen LogP contribution in [0.1, 0.15) is 34.1 Å². The van der Waals surface area contributed by atoms with Crippen LogP contribution in [0.2, 0.25) is 0 Å². The number of rotatable bonds is 7. The van der Waals surface area contributed by atoms with Gasteiger partial charge in [0.2, 0.25) is 0 Å². The molecular weight excluding hydrogens is 378 g/mol. The molecule has 4 aromatic rings. The molecule has 2 aromatic carbocycles. The second kappa shape index (κ2) is 9.05. The van der Waals surface area contributed by atoms with E-state index in [-0.39, 0.29) is 18.9 Å². The summed E-state index contributed by atoms with van der Waals surface area (Å²) in [6, 6.07) is 23.5. The van der Waals surface area contributed by atoms with E-state index in [1.165, 1.54) is 0 Å². The van der Waals surface area contributed by atoms with Crippen molar-refractivity contribution in [3.05, 3.63) is 108 Å². The SMILES string of the molecule is O=C(C[C@@H](NC(=O)c1ccccc1)c1ccccc1)OCc1cn2ccccc2n1. The molecule has 0 bridgehead atoms. The number of amides is 1. The molecule has 0 saturated heterocycles. The van der Waals surface area contributed by atoms with E-state index in [9.17, 15) is 9.59 Å². The number of fused-ring (bicyclic) bond motifs is 1. The first kappa shape index (κ1) is 19.4. The Bertz CT molecular complexity index is 1110. The van der Waals surface area contributed by atoms with Crippen molar-refractivity contribution in [1.29, 1.82) is 0 Å². The number of nitrogens with one attached hydrogen (secondary N) is 1. The predicted octanol–water partition coefficient (Wildman–Crippen LogP) is 3.94. The quantitative estimate of drug-likeness (QED) is 0.478. The highest BCUT2D eigenvalue weighted by Gasteiger charge is 2.20. The van der Waals surface area contributed by atoms with Gasteiger partial charge in [-0.1, -0.05) is 54.6 Å². The summed E-state index contributed by atoms with van der Waals surface area (Å²) in [5.41, 5.74) is 2.84. The van der Waals surface area contributed by atoms with Crippen molar-refractivity contribution < 1.29 is 14.3 Å². The summed E-state index contributed by atoms with van der Waals surface area (Å²) in [4.78, 5) is 29.6. The van der Waals surface area contributed by atoms with Gasteiger partial charge in [-0.15, -0.1) is 0 Å². The molecule has 1 atom stereocenters. The normalized spacial score (nSPS) is 11.7. The van der Waals surface area contributed by atoms with Crippen LogP contribution >= 0.6 is 0 Å². The molecule has 0 aliphatic rings. The van der Waals surface area contributed by atoms with Crippen LogP contribution in [0.3, 0.4) is 0 Å². The zero-order chi connectivity index (χ0) is 20.8. The summed E-state index contributed by atoms with van der Waals surface area (Å²) in [6.07, 6.45) is 3.74. The number of esters is 1. The van der Waals surface area contributed by atoms with Gasteiger partial charge in [0.25, 0.3) is 5.91 Å². The van der Waals surface area contributed by atoms with Gasteiger partial charge in [-0.05, 0) is 29.8 Å². The number of nitrogens with zero attached hydrogens (tertiary/aromatic N) is 2. The Hall–Kier alpha value is -3.93. The molecule has 2 aromatic heterocycles. The van der Waals surface area contributed by atoms with Crippen molar-refractivity contribution in [3.8, 4) is 0 Å². The van der Waals surface area contributed by atoms with Gasteiger partial charge in [0, 0.05) is 18.0 Å². The summed E-state index contributed by atoms with van der Waals surface area (Å²) in [5.74, 6) is -0.646. The van der Waals surface area contributed by atoms with Crippen LogP contribution in [0.5, 0.6) is 0 Å². The third-order valence-corrected chi connectivity index (χ3v) is 4.71. The molecule has 0 saturated carbocycles. The van der Waals surface area contributed by atoms with Crippen LogP contribution in [0, 0.1) is 0 Å². The molecule has 0 aliphatic heterocycles. The molecule has 6 heteroatoms. The van der Waals surface area contributed by atoms with Crippen molar-refractivity contribution in [3.63, 3.8) is 0 Å². The van der Waals surface area contributed by atoms with E-state index in [0.29, 0.717) is 11.3 Å². The van der Waals surface area contributed by atoms with Gasteiger partial charge in [-0.2, -0.15) is 0 Å². The fourth-order valence-electron chi connectivity index (χ4n) is 3.21. The fourth-order valence-corrected chi connectivity index (χ4v) is 3.21. The number of carbonyl (C=O) groups is 2. The number of hydrogen-bond acceptors (Lipinski definition) is 4. The first-order chi connectivity index (χ1) is 14.7. The average molecular weight is 399 g/mol. The summed E-state index contributed by atoms with van der Waals surface area (Å²) in [7, 11) is 0. The Labute approximate surface area is 174 Å². The van der Waals surface area contributed by atoms with E-state index in [0.717, 1.165) is 11.2 Å². The van der Waals surface area contributed by atoms with Crippen LogP contribution in [0.4, 0.5) is 0 Å². The van der Waals surface area contributed by atoms with Crippen LogP contribution in [-0.4, -0.2) is 21.3 Å². The number of benzene rings is 2. The first-order valence-corrected chi connectivity index (χ1v) is 9.68. The molecule has 30 heavy (non-hydrogen) atoms. The van der Waals surface area contributed by atoms with E-state index in [2.05, 4.69) is 10.3 Å². The van der Waals surface area contributed by atoms with Crippen molar-refractivity contribution in [2.45, 2.75) is 19.1 Å². The third kappa shape index (κ3) is 4.72. The maximum absolute atomic E-state index is 12.6. The number of pyridine rings is 1. The molecule has 2 heterocycles. The van der Waals surface area contributed by atoms with Crippen LogP contribution in [0.15, 0.2) is 91.3 Å². The smallest absolute Gasteiger partial charge is 0.308 e. The second-order valence-corrected chi connectivity index (χ2v) is 6.87. The second-order valence-electron chi connectivity index (χ2n) is 6.87. The van der Waals surface area contributed by atoms with Crippen molar-refractivity contribution in [2.24, 2.45) is 0 Å². The van der Waals surface area contributed by atoms with E-state index < -0.39 is 12.0 Å². The molecule has 1 N–H and O–H groups in total. The lowest BCUT2D eigenvalue weighted by atomic mass is 10.0. The maximum Gasteiger partial charge on any atom is 0.308 e. The van der Waals surface area contributed by atoms with Crippen LogP contribution in [-0.2, 0) is 16.1 Å². The number of carbonyl (C=O) groups excluding carboxylic acids is 2. The topological polar surface area (TPSA) is 72.7 Å². The van der Waals surface area contributed by atoms with Gasteiger partial charge < -0.3 is 14.5 Å². The molecule has 0 unspecified atom stereocenters. The molecule has 0 aliphatic carbocycles. The highest BCUT2D eigenvalue weighted by atomic mass is 16.5. The molecule has 4 rings (SSSR count). The minimum absolute atomic E-state index is 0.0238. The third-order valence-electron chi connectivity index (χ3n) is 4.71. The van der Waals surface area contributed by atoms with Crippen molar-refractivity contribution in [1.82, 2.24) is 14.7 Å². The van der Waals surface area contributed by atoms with Crippen molar-refractivity contribution >= 4 is 17.5 Å². The monoisotopic (exact) mass is 399 g/mol. The lowest BCUT2D eigenvalue weighted by Crippen LogP contribution is -2.30. The summed E-state index contributed by atoms with van der Waals surface area (Å²) in [5, 5.41) is 2.94. The molecule has 0 spiro atoms. The van der Waals surface area contributed by atoms with Gasteiger partial charge in [-0.3, -0.25) is 9.59 Å². The minimum Gasteiger partial charge on any atom is -0.459 e. The van der Waals surface area contributed by atoms with E-state index in [1.807, 2.05) is 71.4 Å². The lowest BCUT2D eigenvalue weighted by molar-refractivity contribution is -0.145. The maximum atomic E-state index is 12.6. The summed E-state index contributed by atoms with van der Waals surface area (Å²) >= 11 is 0. The highest BCUT2D eigenvalue weighted by Crippen LogP contribution is 2.19. The molecule has 6 nitrogen and oxygen atoms in total. The van der Waals surface area contributed by atoms with Crippen LogP contribution in [0.25, 0.3) is 5.65 Å². The zero-order valence-electron chi connectivity index (χ0n) is 16.3. The first-order valence-electron chi connectivity index (χ1n) is 9.68. The number of ether oxygens (including phenoxy) is 1. The van der Waals surface area contributed by atoms with Gasteiger partial charge >= 0.3 is 5.97 Å². The van der Waals surface area contributed by atoms with E-state index in [1.54, 1.807) is 24.3 Å². The Kier molecular flexibility index (Phi) is 5.85. The van der Waals surface area contributed by atoms with Gasteiger partial charge in [-0.25, -0.2) is 4.98 Å². The molecular formula is C24H21N3O3. The van der Waals surface area contributed by atoms with Crippen molar-refractivity contribution in [2.75, 3.05) is 0 Å². The largest absolute Gasteiger partial charge is 0.459 e. The van der Waals surface area contributed by atoms with Crippen LogP contribution < -0.4 is 5.32 Å². The van der Waals surface area contributed by atoms with Gasteiger partial charge in [0.1, 0.15) is 12.3 Å². The zero-order valence-corrected chi connectivity index (χ0v) is 16.3. The summed E-state index contributed by atoms with van der Waals surface area (Å²) < 4.78 is 7.30. The Morgan fingerprint density at radius 1 is 0.933 bits per heavy atom. The fraction of sp³-hybridized carbons (Fsp3) is 0.125. The molecule has 1 amide bonds. The molecule has 0 fully saturated rings. The number of imidazole rings is 1. The number of hydrogen-bond donors (Lipinski definition) is 1. The predicted molar refractivity (Wildman–Crippen MR) is 113 cm³/mol. The van der Waals surface area contributed by atoms with Gasteiger partial charge in [0.05, 0.1) is 18.2 Å². The standard InChI is InChI=1S/C24H21N3O3/c28-23(30-17-20-16-27-14-8-7-13-22(27)25-20)15-21(18-9-3-1-4-10-18)26-24(29)19-11-5-2-6-12-19/h1-14,16,21H,15,17H2,(H,26,29)/t21-/m1/s1. The van der Waals surface area contributed by atoms with E-state index in [4.69, 9.17) is 4.74 Å². The summed E-state index contributed by atoms with van der Waals surface area (Å²) in [6.45, 7) is 0.0780. The number of aromatic nitrogens is 2. The Balaban J connectivity index is 1.43. The van der Waals surface area contributed by atoms with E-state index >= 15 is 0 Å². The average Bonchev–Trinajstić information content (AvgIpc) is 3.21. The highest BCUT2D eigenvalue weighted by molar-refractivity contribution is 5.94. The molecule has 150 valence electrons. The lowest BCUT2D eigenvalue weighted by Gasteiger charge is -2.18. The minimum atomic E-state index is -0.493. The Morgan fingerprint density at radius 2 is 1.63 bits per heavy atom. The molecule has 0 radical (unpaired) electrons. The van der Waals surface area contributed by atoms with Gasteiger partial charge in [0.15, 0.2) is 0 Å². The Morgan fingerprint density at radius 3 is 2.37 bits per heavy atom.